The highest BCUT2D eigenvalue weighted by atomic mass is 35.5. The predicted molar refractivity (Wildman–Crippen MR) is 80.6 cm³/mol. The van der Waals surface area contributed by atoms with Crippen LogP contribution in [0, 0.1) is 6.92 Å². The maximum atomic E-state index is 5.94. The number of anilines is 1. The van der Waals surface area contributed by atoms with Gasteiger partial charge in [0.2, 0.25) is 0 Å². The van der Waals surface area contributed by atoms with E-state index in [9.17, 15) is 0 Å². The van der Waals surface area contributed by atoms with Crippen molar-refractivity contribution in [1.82, 2.24) is 0 Å². The van der Waals surface area contributed by atoms with Crippen molar-refractivity contribution in [1.29, 1.82) is 0 Å². The molecule has 1 saturated heterocycles. The fourth-order valence-corrected chi connectivity index (χ4v) is 3.28. The lowest BCUT2D eigenvalue weighted by Crippen LogP contribution is -2.39. The Balaban J connectivity index is 2.19. The lowest BCUT2D eigenvalue weighted by Gasteiger charge is -2.38. The van der Waals surface area contributed by atoms with Gasteiger partial charge in [-0.05, 0) is 55.9 Å². The van der Waals surface area contributed by atoms with Crippen LogP contribution in [0.1, 0.15) is 50.2 Å². The molecule has 0 radical (unpaired) electrons. The summed E-state index contributed by atoms with van der Waals surface area (Å²) in [4.78, 5) is 2.61. The number of halogens is 1. The van der Waals surface area contributed by atoms with E-state index >= 15 is 0 Å². The number of piperidine rings is 1. The molecule has 18 heavy (non-hydrogen) atoms. The van der Waals surface area contributed by atoms with E-state index in [1.165, 1.54) is 55.5 Å². The molecule has 2 heteroatoms. The number of aryl methyl sites for hydroxylation is 1. The van der Waals surface area contributed by atoms with Crippen molar-refractivity contribution < 1.29 is 0 Å². The van der Waals surface area contributed by atoms with Gasteiger partial charge in [-0.1, -0.05) is 19.4 Å². The number of hydrogen-bond donors (Lipinski definition) is 0. The lowest BCUT2D eigenvalue weighted by atomic mass is 9.97. The second-order valence-corrected chi connectivity index (χ2v) is 5.64. The summed E-state index contributed by atoms with van der Waals surface area (Å²) in [5.74, 6) is 0.616. The van der Waals surface area contributed by atoms with Crippen molar-refractivity contribution in [3.05, 3.63) is 29.3 Å². The maximum Gasteiger partial charge on any atom is 0.0476 e. The maximum absolute atomic E-state index is 5.94. The molecule has 100 valence electrons. The summed E-state index contributed by atoms with van der Waals surface area (Å²) in [5.41, 5.74) is 3.97. The summed E-state index contributed by atoms with van der Waals surface area (Å²) < 4.78 is 0. The van der Waals surface area contributed by atoms with Crippen LogP contribution in [0.4, 0.5) is 5.69 Å². The standard InChI is InChI=1S/C16H24ClN/c1-3-6-15-7-4-5-10-18(15)16-9-8-14(12-17)13(2)11-16/h8-9,11,15H,3-7,10,12H2,1-2H3. The highest BCUT2D eigenvalue weighted by Crippen LogP contribution is 2.29. The molecule has 0 saturated carbocycles. The van der Waals surface area contributed by atoms with Crippen LogP contribution in [0.5, 0.6) is 0 Å². The molecule has 0 aromatic heterocycles. The monoisotopic (exact) mass is 265 g/mol. The number of nitrogens with zero attached hydrogens (tertiary/aromatic N) is 1. The van der Waals surface area contributed by atoms with Gasteiger partial charge in [-0.3, -0.25) is 0 Å². The molecule has 1 nitrogen and oxygen atoms in total. The van der Waals surface area contributed by atoms with Crippen LogP contribution in [-0.4, -0.2) is 12.6 Å². The van der Waals surface area contributed by atoms with E-state index in [2.05, 4.69) is 36.9 Å². The summed E-state index contributed by atoms with van der Waals surface area (Å²) in [6.07, 6.45) is 6.66. The first-order valence-electron chi connectivity index (χ1n) is 7.18. The molecule has 1 aliphatic rings. The molecule has 0 amide bonds. The highest BCUT2D eigenvalue weighted by molar-refractivity contribution is 6.17. The van der Waals surface area contributed by atoms with E-state index in [4.69, 9.17) is 11.6 Å². The third-order valence-electron chi connectivity index (χ3n) is 4.05. The number of benzene rings is 1. The van der Waals surface area contributed by atoms with E-state index in [0.717, 1.165) is 6.04 Å². The summed E-state index contributed by atoms with van der Waals surface area (Å²) in [6, 6.07) is 7.49. The topological polar surface area (TPSA) is 3.24 Å². The first kappa shape index (κ1) is 13.7. The normalized spacial score (nSPS) is 20.2. The van der Waals surface area contributed by atoms with Crippen molar-refractivity contribution in [2.24, 2.45) is 0 Å². The third kappa shape index (κ3) is 3.00. The Hall–Kier alpha value is -0.690. The zero-order chi connectivity index (χ0) is 13.0. The van der Waals surface area contributed by atoms with Gasteiger partial charge in [0.15, 0.2) is 0 Å². The van der Waals surface area contributed by atoms with Gasteiger partial charge in [0.05, 0.1) is 0 Å². The zero-order valence-electron chi connectivity index (χ0n) is 11.6. The molecule has 0 N–H and O–H groups in total. The van der Waals surface area contributed by atoms with Crippen LogP contribution in [0.3, 0.4) is 0 Å². The average Bonchev–Trinajstić information content (AvgIpc) is 2.40. The van der Waals surface area contributed by atoms with Crippen LogP contribution < -0.4 is 4.90 Å². The van der Waals surface area contributed by atoms with Gasteiger partial charge >= 0.3 is 0 Å². The Kier molecular flexibility index (Phi) is 4.94. The van der Waals surface area contributed by atoms with Gasteiger partial charge in [-0.25, -0.2) is 0 Å². The van der Waals surface area contributed by atoms with Crippen LogP contribution in [0.15, 0.2) is 18.2 Å². The largest absolute Gasteiger partial charge is 0.369 e. The molecule has 1 atom stereocenters. The second kappa shape index (κ2) is 6.47. The van der Waals surface area contributed by atoms with Crippen LogP contribution in [0.2, 0.25) is 0 Å². The van der Waals surface area contributed by atoms with E-state index in [-0.39, 0.29) is 0 Å². The second-order valence-electron chi connectivity index (χ2n) is 5.38. The summed E-state index contributed by atoms with van der Waals surface area (Å²) in [6.45, 7) is 5.67. The minimum absolute atomic E-state index is 0.616. The average molecular weight is 266 g/mol. The first-order valence-corrected chi connectivity index (χ1v) is 7.72. The Morgan fingerprint density at radius 2 is 2.17 bits per heavy atom. The number of alkyl halides is 1. The van der Waals surface area contributed by atoms with Crippen molar-refractivity contribution in [3.63, 3.8) is 0 Å². The summed E-state index contributed by atoms with van der Waals surface area (Å²) in [7, 11) is 0. The van der Waals surface area contributed by atoms with Crippen LogP contribution >= 0.6 is 11.6 Å². The van der Waals surface area contributed by atoms with Crippen LogP contribution in [0.25, 0.3) is 0 Å². The van der Waals surface area contributed by atoms with E-state index in [1.807, 2.05) is 0 Å². The minimum Gasteiger partial charge on any atom is -0.369 e. The first-order chi connectivity index (χ1) is 8.76. The van der Waals surface area contributed by atoms with Crippen molar-refractivity contribution in [2.45, 2.75) is 57.9 Å². The van der Waals surface area contributed by atoms with Gasteiger partial charge in [-0.2, -0.15) is 0 Å². The number of hydrogen-bond acceptors (Lipinski definition) is 1. The molecule has 0 spiro atoms. The smallest absolute Gasteiger partial charge is 0.0476 e. The molecule has 1 aromatic carbocycles. The predicted octanol–water partition coefficient (Wildman–Crippen LogP) is 4.89. The highest BCUT2D eigenvalue weighted by Gasteiger charge is 2.21. The van der Waals surface area contributed by atoms with Gasteiger partial charge in [-0.15, -0.1) is 11.6 Å². The van der Waals surface area contributed by atoms with Crippen LogP contribution in [-0.2, 0) is 5.88 Å². The third-order valence-corrected chi connectivity index (χ3v) is 4.34. The number of rotatable bonds is 4. The molecule has 1 aliphatic heterocycles. The molecule has 0 aliphatic carbocycles. The lowest BCUT2D eigenvalue weighted by molar-refractivity contribution is 0.435. The molecule has 1 fully saturated rings. The Morgan fingerprint density at radius 3 is 2.83 bits per heavy atom. The van der Waals surface area contributed by atoms with Crippen molar-refractivity contribution in [3.8, 4) is 0 Å². The van der Waals surface area contributed by atoms with Gasteiger partial charge < -0.3 is 4.90 Å². The Bertz CT molecular complexity index is 387. The molecular weight excluding hydrogens is 242 g/mol. The zero-order valence-corrected chi connectivity index (χ0v) is 12.3. The van der Waals surface area contributed by atoms with Crippen molar-refractivity contribution in [2.75, 3.05) is 11.4 Å². The van der Waals surface area contributed by atoms with Gasteiger partial charge in [0.25, 0.3) is 0 Å². The minimum atomic E-state index is 0.616. The Morgan fingerprint density at radius 1 is 1.33 bits per heavy atom. The molecular formula is C16H24ClN. The molecule has 1 unspecified atom stereocenters. The fraction of sp³-hybridized carbons (Fsp3) is 0.625. The summed E-state index contributed by atoms with van der Waals surface area (Å²) in [5, 5.41) is 0. The SMILES string of the molecule is CCCC1CCCCN1c1ccc(CCl)c(C)c1. The van der Waals surface area contributed by atoms with E-state index in [0.29, 0.717) is 5.88 Å². The molecule has 0 bridgehead atoms. The molecule has 1 heterocycles. The Labute approximate surface area is 116 Å². The van der Waals surface area contributed by atoms with Gasteiger partial charge in [0.1, 0.15) is 0 Å². The van der Waals surface area contributed by atoms with Gasteiger partial charge in [0, 0.05) is 24.2 Å². The summed E-state index contributed by atoms with van der Waals surface area (Å²) >= 11 is 5.94. The van der Waals surface area contributed by atoms with E-state index < -0.39 is 0 Å². The van der Waals surface area contributed by atoms with Crippen molar-refractivity contribution >= 4 is 17.3 Å². The quantitative estimate of drug-likeness (QED) is 0.701. The fourth-order valence-electron chi connectivity index (χ4n) is 2.98. The van der Waals surface area contributed by atoms with E-state index in [1.54, 1.807) is 0 Å². The molecule has 1 aromatic rings. The molecule has 2 rings (SSSR count).